The second kappa shape index (κ2) is 6.42. The number of carbonyl (C=O) groups excluding carboxylic acids is 1. The lowest BCUT2D eigenvalue weighted by Crippen LogP contribution is -2.21. The average Bonchev–Trinajstić information content (AvgIpc) is 2.73. The van der Waals surface area contributed by atoms with Crippen LogP contribution in [-0.2, 0) is 11.3 Å². The molecule has 0 spiro atoms. The van der Waals surface area contributed by atoms with E-state index in [-0.39, 0.29) is 12.1 Å². The Morgan fingerprint density at radius 1 is 1.65 bits per heavy atom. The van der Waals surface area contributed by atoms with Gasteiger partial charge in [-0.15, -0.1) is 0 Å². The number of H-pyrrole nitrogens is 1. The molecule has 0 aliphatic rings. The van der Waals surface area contributed by atoms with Crippen LogP contribution in [0.5, 0.6) is 0 Å². The summed E-state index contributed by atoms with van der Waals surface area (Å²) in [6.45, 7) is 3.33. The molecular weight excluding hydrogens is 220 g/mol. The van der Waals surface area contributed by atoms with Crippen LogP contribution < -0.4 is 0 Å². The van der Waals surface area contributed by atoms with E-state index < -0.39 is 0 Å². The predicted molar refractivity (Wildman–Crippen MR) is 64.8 cm³/mol. The van der Waals surface area contributed by atoms with Gasteiger partial charge in [0.05, 0.1) is 13.2 Å². The van der Waals surface area contributed by atoms with Crippen molar-refractivity contribution in [1.82, 2.24) is 9.88 Å². The van der Waals surface area contributed by atoms with E-state index in [4.69, 9.17) is 0 Å². The van der Waals surface area contributed by atoms with E-state index in [9.17, 15) is 9.90 Å². The molecule has 17 heavy (non-hydrogen) atoms. The molecule has 1 rings (SSSR count). The molecule has 0 bridgehead atoms. The number of aromatic nitrogens is 1. The van der Waals surface area contributed by atoms with Crippen molar-refractivity contribution in [1.29, 1.82) is 0 Å². The number of hydrogen-bond donors (Lipinski definition) is 2. The van der Waals surface area contributed by atoms with Gasteiger partial charge in [0.1, 0.15) is 5.69 Å². The van der Waals surface area contributed by atoms with E-state index in [1.165, 1.54) is 7.11 Å². The van der Waals surface area contributed by atoms with Crippen molar-refractivity contribution >= 4 is 5.97 Å². The fourth-order valence-corrected chi connectivity index (χ4v) is 1.56. The van der Waals surface area contributed by atoms with Crippen molar-refractivity contribution in [3.63, 3.8) is 0 Å². The van der Waals surface area contributed by atoms with Gasteiger partial charge in [0.25, 0.3) is 0 Å². The molecule has 1 heterocycles. The molecule has 5 heteroatoms. The SMILES string of the molecule is COC(=O)c1cc(CN(C)CCC(C)O)c[nH]1. The molecule has 96 valence electrons. The molecule has 1 aromatic rings. The maximum atomic E-state index is 11.2. The van der Waals surface area contributed by atoms with Crippen molar-refractivity contribution in [3.05, 3.63) is 23.5 Å². The number of esters is 1. The van der Waals surface area contributed by atoms with Gasteiger partial charge in [0, 0.05) is 19.3 Å². The number of aliphatic hydroxyl groups excluding tert-OH is 1. The van der Waals surface area contributed by atoms with Gasteiger partial charge in [-0.25, -0.2) is 4.79 Å². The monoisotopic (exact) mass is 240 g/mol. The van der Waals surface area contributed by atoms with E-state index in [0.29, 0.717) is 5.69 Å². The summed E-state index contributed by atoms with van der Waals surface area (Å²) in [6, 6.07) is 1.78. The van der Waals surface area contributed by atoms with Gasteiger partial charge in [-0.1, -0.05) is 0 Å². The predicted octanol–water partition coefficient (Wildman–Crippen LogP) is 1.00. The highest BCUT2D eigenvalue weighted by Crippen LogP contribution is 2.08. The lowest BCUT2D eigenvalue weighted by molar-refractivity contribution is 0.0595. The number of aromatic amines is 1. The normalized spacial score (nSPS) is 12.8. The van der Waals surface area contributed by atoms with E-state index >= 15 is 0 Å². The molecular formula is C12H20N2O3. The van der Waals surface area contributed by atoms with Gasteiger partial charge in [-0.05, 0) is 32.0 Å². The summed E-state index contributed by atoms with van der Waals surface area (Å²) < 4.78 is 4.62. The number of carbonyl (C=O) groups is 1. The number of hydrogen-bond acceptors (Lipinski definition) is 4. The number of ether oxygens (including phenoxy) is 1. The minimum Gasteiger partial charge on any atom is -0.464 e. The van der Waals surface area contributed by atoms with Gasteiger partial charge in [-0.2, -0.15) is 0 Å². The maximum absolute atomic E-state index is 11.2. The Balaban J connectivity index is 2.46. The molecule has 0 amide bonds. The summed E-state index contributed by atoms with van der Waals surface area (Å²) in [5.74, 6) is -0.358. The van der Waals surface area contributed by atoms with Crippen LogP contribution >= 0.6 is 0 Å². The lowest BCUT2D eigenvalue weighted by atomic mass is 10.2. The first kappa shape index (κ1) is 13.7. The zero-order chi connectivity index (χ0) is 12.8. The van der Waals surface area contributed by atoms with E-state index in [1.807, 2.05) is 7.05 Å². The number of nitrogens with one attached hydrogen (secondary N) is 1. The van der Waals surface area contributed by atoms with E-state index in [1.54, 1.807) is 19.2 Å². The van der Waals surface area contributed by atoms with Crippen molar-refractivity contribution in [2.45, 2.75) is 26.0 Å². The Morgan fingerprint density at radius 2 is 2.35 bits per heavy atom. The summed E-state index contributed by atoms with van der Waals surface area (Å²) in [5.41, 5.74) is 1.49. The first-order chi connectivity index (χ1) is 8.02. The fraction of sp³-hybridized carbons (Fsp3) is 0.583. The molecule has 1 aromatic heterocycles. The first-order valence-corrected chi connectivity index (χ1v) is 5.65. The minimum atomic E-state index is -0.358. The molecule has 1 atom stereocenters. The van der Waals surface area contributed by atoms with Crippen LogP contribution in [0, 0.1) is 0 Å². The minimum absolute atomic E-state index is 0.283. The van der Waals surface area contributed by atoms with Crippen molar-refractivity contribution in [2.24, 2.45) is 0 Å². The van der Waals surface area contributed by atoms with Crippen LogP contribution in [0.15, 0.2) is 12.3 Å². The zero-order valence-electron chi connectivity index (χ0n) is 10.6. The van der Waals surface area contributed by atoms with E-state index in [2.05, 4.69) is 14.6 Å². The Morgan fingerprint density at radius 3 is 2.94 bits per heavy atom. The smallest absolute Gasteiger partial charge is 0.354 e. The summed E-state index contributed by atoms with van der Waals surface area (Å²) >= 11 is 0. The molecule has 2 N–H and O–H groups in total. The third kappa shape index (κ3) is 4.58. The summed E-state index contributed by atoms with van der Waals surface area (Å²) in [5, 5.41) is 9.18. The topological polar surface area (TPSA) is 65.6 Å². The van der Waals surface area contributed by atoms with Crippen LogP contribution in [0.1, 0.15) is 29.4 Å². The van der Waals surface area contributed by atoms with Gasteiger partial charge in [0.2, 0.25) is 0 Å². The first-order valence-electron chi connectivity index (χ1n) is 5.65. The Kier molecular flexibility index (Phi) is 5.18. The van der Waals surface area contributed by atoms with Gasteiger partial charge >= 0.3 is 5.97 Å². The highest BCUT2D eigenvalue weighted by Gasteiger charge is 2.09. The maximum Gasteiger partial charge on any atom is 0.354 e. The Labute approximate surface area is 101 Å². The second-order valence-corrected chi connectivity index (χ2v) is 4.29. The van der Waals surface area contributed by atoms with Crippen molar-refractivity contribution < 1.29 is 14.6 Å². The third-order valence-electron chi connectivity index (χ3n) is 2.53. The van der Waals surface area contributed by atoms with Crippen LogP contribution in [0.3, 0.4) is 0 Å². The molecule has 0 aromatic carbocycles. The highest BCUT2D eigenvalue weighted by molar-refractivity contribution is 5.87. The molecule has 1 unspecified atom stereocenters. The molecule has 0 saturated heterocycles. The summed E-state index contributed by atoms with van der Waals surface area (Å²) in [4.78, 5) is 16.2. The number of rotatable bonds is 6. The number of methoxy groups -OCH3 is 1. The summed E-state index contributed by atoms with van der Waals surface area (Å²) in [7, 11) is 3.34. The largest absolute Gasteiger partial charge is 0.464 e. The number of aliphatic hydroxyl groups is 1. The lowest BCUT2D eigenvalue weighted by Gasteiger charge is -2.16. The Hall–Kier alpha value is -1.33. The standard InChI is InChI=1S/C12H20N2O3/c1-9(15)4-5-14(2)8-10-6-11(13-7-10)12(16)17-3/h6-7,9,13,15H,4-5,8H2,1-3H3. The highest BCUT2D eigenvalue weighted by atomic mass is 16.5. The molecule has 0 radical (unpaired) electrons. The summed E-state index contributed by atoms with van der Waals surface area (Å²) in [6.07, 6.45) is 2.25. The quantitative estimate of drug-likeness (QED) is 0.728. The van der Waals surface area contributed by atoms with E-state index in [0.717, 1.165) is 25.1 Å². The molecule has 0 fully saturated rings. The van der Waals surface area contributed by atoms with Crippen molar-refractivity contribution in [3.8, 4) is 0 Å². The average molecular weight is 240 g/mol. The van der Waals surface area contributed by atoms with Gasteiger partial charge < -0.3 is 19.7 Å². The van der Waals surface area contributed by atoms with Crippen LogP contribution in [0.2, 0.25) is 0 Å². The molecule has 0 aliphatic heterocycles. The van der Waals surface area contributed by atoms with Crippen molar-refractivity contribution in [2.75, 3.05) is 20.7 Å². The van der Waals surface area contributed by atoms with Gasteiger partial charge in [0.15, 0.2) is 0 Å². The molecule has 0 saturated carbocycles. The molecule has 0 aliphatic carbocycles. The van der Waals surface area contributed by atoms with Crippen LogP contribution in [0.4, 0.5) is 0 Å². The molecule has 5 nitrogen and oxygen atoms in total. The fourth-order valence-electron chi connectivity index (χ4n) is 1.56. The van der Waals surface area contributed by atoms with Crippen LogP contribution in [0.25, 0.3) is 0 Å². The second-order valence-electron chi connectivity index (χ2n) is 4.29. The number of nitrogens with zero attached hydrogens (tertiary/aromatic N) is 1. The Bertz CT molecular complexity index is 360. The van der Waals surface area contributed by atoms with Gasteiger partial charge in [-0.3, -0.25) is 0 Å². The third-order valence-corrected chi connectivity index (χ3v) is 2.53. The van der Waals surface area contributed by atoms with Crippen LogP contribution in [-0.4, -0.2) is 47.8 Å². The zero-order valence-corrected chi connectivity index (χ0v) is 10.6.